The molecule has 0 saturated heterocycles. The smallest absolute Gasteiger partial charge is 0.144 e. The monoisotopic (exact) mass is 756 g/mol. The summed E-state index contributed by atoms with van der Waals surface area (Å²) in [5.41, 5.74) is 6.48. The summed E-state index contributed by atoms with van der Waals surface area (Å²) in [7, 11) is 0. The lowest BCUT2D eigenvalue weighted by Gasteiger charge is -2.04. The van der Waals surface area contributed by atoms with Crippen LogP contribution in [-0.4, -0.2) is 0 Å². The van der Waals surface area contributed by atoms with Crippen LogP contribution in [0.3, 0.4) is 0 Å². The first-order valence-corrected chi connectivity index (χ1v) is 13.9. The minimum absolute atomic E-state index is 0. The van der Waals surface area contributed by atoms with E-state index in [-0.39, 0.29) is 69.3 Å². The van der Waals surface area contributed by atoms with Crippen LogP contribution in [0.1, 0.15) is 68.3 Å². The molecule has 1 aromatic carbocycles. The van der Waals surface area contributed by atoms with Gasteiger partial charge in [0.1, 0.15) is 23.7 Å². The highest BCUT2D eigenvalue weighted by Gasteiger charge is 2.01. The van der Waals surface area contributed by atoms with Gasteiger partial charge in [0, 0.05) is 217 Å². The first-order chi connectivity index (χ1) is 26.8. The Morgan fingerprint density at radius 2 is 0.537 bits per heavy atom. The van der Waals surface area contributed by atoms with Crippen molar-refractivity contribution in [1.82, 2.24) is 0 Å². The maximum Gasteiger partial charge on any atom is 0.144 e. The second kappa shape index (κ2) is 33.5. The highest BCUT2D eigenvalue weighted by atomic mass is 16.5. The Labute approximate surface area is 383 Å². The molecule has 2 N–H and O–H groups in total. The number of ether oxygens (including phenoxy) is 2. The molecule has 0 aromatic heterocycles. The fraction of sp³-hybridized carbons (Fsp3) is 0.0196. The SMILES string of the molecule is C#CC#CC#CC#CC#CC#CC#CC#CC#CC#CC#COc1cc(CN)cc(OC#CC#CC#CC#CC#CC#CC#CC#CC#CC#CC#C)c1.[HH].[HH].[HH].[HH].[HH].[HH].[HH].[HH].[HH].[HH].[HH].[HH].[HH].[HH].[HH].[HH].[HH].[HH].[HH].[HH].[HH].[HH].[HH].[HH].[HH].[HH].[HH].[HH].[HH].[HH].[HH].[HH].[HH].[HH].[HH].[HH].[HH].[HH].[HH].[HH].[HH].[HH].[HH].[HH]. The van der Waals surface area contributed by atoms with Gasteiger partial charge < -0.3 is 15.2 Å². The second-order valence-electron chi connectivity index (χ2n) is 7.46. The number of terminal acetylenes is 2. The maximum atomic E-state index is 5.76. The summed E-state index contributed by atoms with van der Waals surface area (Å²) in [5.74, 6) is 99.3. The molecule has 3 heteroatoms. The molecule has 1 rings (SSSR count). The van der Waals surface area contributed by atoms with Crippen molar-refractivity contribution in [3.05, 3.63) is 23.8 Å². The molecule has 3 nitrogen and oxygen atoms in total. The summed E-state index contributed by atoms with van der Waals surface area (Å²) in [4.78, 5) is 0. The minimum atomic E-state index is 0. The zero-order chi connectivity index (χ0) is 38.7. The molecule has 54 heavy (non-hydrogen) atoms. The van der Waals surface area contributed by atoms with Gasteiger partial charge in [0.2, 0.25) is 0 Å². The van der Waals surface area contributed by atoms with Gasteiger partial charge in [-0.15, -0.1) is 12.8 Å². The average Bonchev–Trinajstić information content (AvgIpc) is 3.19. The normalized spacial score (nSPS) is 5.17. The van der Waals surface area contributed by atoms with E-state index >= 15 is 0 Å². The Hall–Kier alpha value is -10.9. The predicted molar refractivity (Wildman–Crippen MR) is 302 cm³/mol. The van der Waals surface area contributed by atoms with E-state index in [0.29, 0.717) is 11.5 Å². The van der Waals surface area contributed by atoms with Crippen molar-refractivity contribution in [2.24, 2.45) is 5.73 Å². The predicted octanol–water partition coefficient (Wildman–Crippen LogP) is 12.0. The van der Waals surface area contributed by atoms with Crippen molar-refractivity contribution >= 4 is 0 Å². The maximum absolute atomic E-state index is 5.76. The van der Waals surface area contributed by atoms with E-state index in [4.69, 9.17) is 28.1 Å². The zero-order valence-corrected chi connectivity index (χ0v) is 27.5. The molecule has 0 bridgehead atoms. The van der Waals surface area contributed by atoms with Crippen LogP contribution in [0, 0.1) is 262 Å². The fourth-order valence-corrected chi connectivity index (χ4v) is 2.22. The fourth-order valence-electron chi connectivity index (χ4n) is 2.22. The van der Waals surface area contributed by atoms with Crippen molar-refractivity contribution in [2.45, 2.75) is 6.54 Å². The molecular weight excluding hydrogens is 659 g/mol. The molecule has 0 aliphatic carbocycles. The summed E-state index contributed by atoms with van der Waals surface area (Å²) in [6.07, 6.45) is 14.8. The van der Waals surface area contributed by atoms with Crippen molar-refractivity contribution < 1.29 is 72.2 Å². The molecule has 1 aromatic rings. The van der Waals surface area contributed by atoms with Crippen LogP contribution in [0.4, 0.5) is 0 Å². The Kier molecular flexibility index (Phi) is 25.5. The van der Waals surface area contributed by atoms with E-state index < -0.39 is 0 Å². The van der Waals surface area contributed by atoms with Gasteiger partial charge >= 0.3 is 0 Å². The lowest BCUT2D eigenvalue weighted by atomic mass is 10.2. The van der Waals surface area contributed by atoms with Gasteiger partial charge in [-0.2, -0.15) is 0 Å². The minimum Gasteiger partial charge on any atom is -0.407 e. The summed E-state index contributed by atoms with van der Waals surface area (Å²) in [6, 6.07) is 4.95. The van der Waals surface area contributed by atoms with Crippen molar-refractivity contribution in [2.75, 3.05) is 0 Å². The summed E-state index contributed by atoms with van der Waals surface area (Å²) >= 11 is 0. The second-order valence-corrected chi connectivity index (χ2v) is 7.46. The quantitative estimate of drug-likeness (QED) is 0.313. The Morgan fingerprint density at radius 1 is 0.333 bits per heavy atom. The Morgan fingerprint density at radius 3 is 0.741 bits per heavy atom. The van der Waals surface area contributed by atoms with E-state index in [1.54, 1.807) is 18.2 Å². The molecule has 0 unspecified atom stereocenters. The van der Waals surface area contributed by atoms with Gasteiger partial charge in [0.15, 0.2) is 0 Å². The molecule has 318 valence electrons. The lowest BCUT2D eigenvalue weighted by molar-refractivity contribution is 0.494. The van der Waals surface area contributed by atoms with Crippen LogP contribution < -0.4 is 15.2 Å². The number of nitrogens with two attached hydrogens (primary N) is 1. The highest BCUT2D eigenvalue weighted by Crippen LogP contribution is 2.22. The highest BCUT2D eigenvalue weighted by molar-refractivity contribution is 5.49. The van der Waals surface area contributed by atoms with E-state index in [9.17, 15) is 0 Å². The Balaban J connectivity index is -0.0000000158. The van der Waals surface area contributed by atoms with Gasteiger partial charge in [-0.1, -0.05) is 0 Å². The van der Waals surface area contributed by atoms with Gasteiger partial charge in [0.25, 0.3) is 0 Å². The third-order valence-electron chi connectivity index (χ3n) is 4.01. The van der Waals surface area contributed by atoms with Crippen LogP contribution >= 0.6 is 0 Å². The molecule has 0 saturated carbocycles. The number of benzene rings is 1. The lowest BCUT2D eigenvalue weighted by Crippen LogP contribution is -1.97. The molecule has 0 fully saturated rings. The zero-order valence-electron chi connectivity index (χ0n) is 27.5. The van der Waals surface area contributed by atoms with E-state index in [1.807, 2.05) is 0 Å². The number of hydrogen-bond acceptors (Lipinski definition) is 3. The van der Waals surface area contributed by atoms with Crippen molar-refractivity contribution in [1.29, 1.82) is 0 Å². The van der Waals surface area contributed by atoms with Gasteiger partial charge in [-0.05, 0) is 112 Å². The topological polar surface area (TPSA) is 44.5 Å². The van der Waals surface area contributed by atoms with Crippen LogP contribution in [0.25, 0.3) is 0 Å². The van der Waals surface area contributed by atoms with E-state index in [0.717, 1.165) is 5.56 Å². The van der Waals surface area contributed by atoms with Gasteiger partial charge in [-0.3, -0.25) is 0 Å². The first-order valence-electron chi connectivity index (χ1n) is 13.9. The summed E-state index contributed by atoms with van der Waals surface area (Å²) in [5, 5.41) is 0. The third kappa shape index (κ3) is 27.4. The Bertz CT molecular complexity index is 3000. The van der Waals surface area contributed by atoms with Gasteiger partial charge in [0.05, 0.1) is 0 Å². The molecule has 0 aliphatic rings. The molecule has 0 amide bonds. The van der Waals surface area contributed by atoms with Crippen LogP contribution in [0.2, 0.25) is 0 Å². The van der Waals surface area contributed by atoms with Crippen LogP contribution in [0.15, 0.2) is 18.2 Å². The van der Waals surface area contributed by atoms with Crippen molar-refractivity contribution in [3.8, 4) is 273 Å². The van der Waals surface area contributed by atoms with Crippen molar-refractivity contribution in [3.63, 3.8) is 0 Å². The van der Waals surface area contributed by atoms with Crippen LogP contribution in [-0.2, 0) is 6.54 Å². The van der Waals surface area contributed by atoms with E-state index in [1.165, 1.54) is 0 Å². The largest absolute Gasteiger partial charge is 0.407 e. The number of rotatable bonds is 3. The molecular formula is C51H97NO2. The summed E-state index contributed by atoms with van der Waals surface area (Å²) < 4.78 is 10.8. The van der Waals surface area contributed by atoms with E-state index in [2.05, 4.69) is 249 Å². The average molecular weight is 756 g/mol. The molecule has 0 aliphatic heterocycles. The molecule has 0 atom stereocenters. The molecule has 0 radical (unpaired) electrons. The van der Waals surface area contributed by atoms with Gasteiger partial charge in [-0.25, -0.2) is 0 Å². The number of hydrogen-bond donors (Lipinski definition) is 1. The third-order valence-corrected chi connectivity index (χ3v) is 4.01. The van der Waals surface area contributed by atoms with Crippen LogP contribution in [0.5, 0.6) is 11.5 Å². The standard InChI is InChI=1S/C51H9NO2.44H2/c1-3-5-7-9-11-13-15-17-19-21-23-25-27-29-31-33-35-37-39-41-43-53-50-45-49(48-52)46-51(47-50)54-44-42-40-38-36-34-32-30-28-26-24-22-20-18-16-14-12-10-8-6-4-2;;;;;;;;;;;;;;;;;;;;;;;;;;;;;;;;;;;;;;;;;;;;/h1-2,45-47H,48,52H2;44*1H. The first kappa shape index (κ1) is 41.1. The molecule has 0 heterocycles. The molecule has 0 spiro atoms. The summed E-state index contributed by atoms with van der Waals surface area (Å²) in [6.45, 7) is 0.227.